The van der Waals surface area contributed by atoms with E-state index in [1.54, 1.807) is 0 Å². The van der Waals surface area contributed by atoms with Crippen molar-refractivity contribution in [1.82, 2.24) is 9.21 Å². The molecular weight excluding hydrogens is 188 g/mol. The van der Waals surface area contributed by atoms with Gasteiger partial charge in [-0.25, -0.2) is 4.31 Å². The maximum Gasteiger partial charge on any atom is 0.0245 e. The third kappa shape index (κ3) is 2.76. The van der Waals surface area contributed by atoms with E-state index in [0.29, 0.717) is 0 Å². The summed E-state index contributed by atoms with van der Waals surface area (Å²) in [6, 6.07) is 0.743. The van der Waals surface area contributed by atoms with Crippen LogP contribution in [0.5, 0.6) is 0 Å². The van der Waals surface area contributed by atoms with Gasteiger partial charge in [-0.15, -0.1) is 0 Å². The number of nitrogens with zero attached hydrogens (tertiary/aromatic N) is 2. The van der Waals surface area contributed by atoms with Crippen LogP contribution in [-0.4, -0.2) is 48.7 Å². The summed E-state index contributed by atoms with van der Waals surface area (Å²) in [5.41, 5.74) is 0. The molecule has 2 unspecified atom stereocenters. The first-order valence-corrected chi connectivity index (χ1v) is 6.87. The first-order chi connectivity index (χ1) is 5.61. The fourth-order valence-corrected chi connectivity index (χ4v) is 2.18. The molecular formula is C8H18N2S2. The Morgan fingerprint density at radius 1 is 1.67 bits per heavy atom. The van der Waals surface area contributed by atoms with Crippen molar-refractivity contribution in [2.24, 2.45) is 0 Å². The number of hydrogen-bond acceptors (Lipinski definition) is 2. The number of hydrogen-bond donors (Lipinski definition) is 0. The molecule has 0 radical (unpaired) electrons. The van der Waals surface area contributed by atoms with Gasteiger partial charge in [0, 0.05) is 18.8 Å². The van der Waals surface area contributed by atoms with Crippen molar-refractivity contribution in [3.8, 4) is 0 Å². The lowest BCUT2D eigenvalue weighted by atomic mass is 10.2. The molecule has 0 saturated carbocycles. The van der Waals surface area contributed by atoms with Gasteiger partial charge in [0.1, 0.15) is 0 Å². The summed E-state index contributed by atoms with van der Waals surface area (Å²) in [6.45, 7) is 2.40. The van der Waals surface area contributed by atoms with Gasteiger partial charge < -0.3 is 4.90 Å². The summed E-state index contributed by atoms with van der Waals surface area (Å²) in [6.07, 6.45) is 4.79. The average molecular weight is 206 g/mol. The van der Waals surface area contributed by atoms with Crippen LogP contribution in [0.2, 0.25) is 0 Å². The Kier molecular flexibility index (Phi) is 4.10. The molecule has 0 aliphatic carbocycles. The van der Waals surface area contributed by atoms with Crippen LogP contribution < -0.4 is 0 Å². The third-order valence-corrected chi connectivity index (χ3v) is 4.37. The zero-order chi connectivity index (χ0) is 9.14. The maximum absolute atomic E-state index is 5.21. The van der Waals surface area contributed by atoms with Gasteiger partial charge in [-0.3, -0.25) is 0 Å². The first-order valence-electron chi connectivity index (χ1n) is 4.36. The zero-order valence-electron chi connectivity index (χ0n) is 8.12. The summed E-state index contributed by atoms with van der Waals surface area (Å²) >= 11 is 5.21. The zero-order valence-corrected chi connectivity index (χ0v) is 9.75. The molecule has 2 atom stereocenters. The van der Waals surface area contributed by atoms with Gasteiger partial charge in [0.15, 0.2) is 0 Å². The lowest BCUT2D eigenvalue weighted by Crippen LogP contribution is -2.36. The number of likely N-dealkylation sites (tertiary alicyclic amines) is 1. The van der Waals surface area contributed by atoms with Crippen molar-refractivity contribution in [2.45, 2.75) is 18.9 Å². The van der Waals surface area contributed by atoms with Crippen LogP contribution in [0.4, 0.5) is 0 Å². The largest absolute Gasteiger partial charge is 0.302 e. The lowest BCUT2D eigenvalue weighted by molar-refractivity contribution is 0.278. The first kappa shape index (κ1) is 10.6. The Labute approximate surface area is 82.6 Å². The summed E-state index contributed by atoms with van der Waals surface area (Å²) in [5, 5.41) is 0. The topological polar surface area (TPSA) is 6.48 Å². The van der Waals surface area contributed by atoms with Crippen LogP contribution in [-0.2, 0) is 20.8 Å². The van der Waals surface area contributed by atoms with Gasteiger partial charge in [-0.2, -0.15) is 0 Å². The number of likely N-dealkylation sites (N-methyl/N-ethyl adjacent to an activating group) is 2. The summed E-state index contributed by atoms with van der Waals surface area (Å²) < 4.78 is 2.28. The van der Waals surface area contributed by atoms with E-state index in [9.17, 15) is 0 Å². The van der Waals surface area contributed by atoms with E-state index in [0.717, 1.165) is 12.6 Å². The fraction of sp³-hybridized carbons (Fsp3) is 1.00. The van der Waals surface area contributed by atoms with Crippen LogP contribution in [0.1, 0.15) is 12.8 Å². The molecule has 72 valence electrons. The minimum Gasteiger partial charge on any atom is -0.302 e. The molecule has 1 aliphatic rings. The fourth-order valence-electron chi connectivity index (χ4n) is 1.61. The van der Waals surface area contributed by atoms with Crippen molar-refractivity contribution in [3.63, 3.8) is 0 Å². The van der Waals surface area contributed by atoms with E-state index in [1.807, 2.05) is 0 Å². The van der Waals surface area contributed by atoms with Crippen molar-refractivity contribution < 1.29 is 0 Å². The van der Waals surface area contributed by atoms with Crippen molar-refractivity contribution in [2.75, 3.05) is 33.4 Å². The smallest absolute Gasteiger partial charge is 0.0245 e. The molecule has 0 aromatic rings. The van der Waals surface area contributed by atoms with E-state index < -0.39 is 0 Å². The summed E-state index contributed by atoms with van der Waals surface area (Å²) in [7, 11) is 4.36. The van der Waals surface area contributed by atoms with Crippen molar-refractivity contribution in [3.05, 3.63) is 0 Å². The van der Waals surface area contributed by atoms with E-state index in [1.165, 1.54) is 19.4 Å². The minimum absolute atomic E-state index is 0.0187. The molecule has 12 heavy (non-hydrogen) atoms. The molecule has 1 saturated heterocycles. The number of rotatable bonds is 3. The molecule has 1 aliphatic heterocycles. The van der Waals surface area contributed by atoms with Crippen molar-refractivity contribution >= 4 is 20.8 Å². The van der Waals surface area contributed by atoms with Crippen LogP contribution in [0, 0.1) is 0 Å². The van der Waals surface area contributed by atoms with Crippen molar-refractivity contribution in [1.29, 1.82) is 0 Å². The van der Waals surface area contributed by atoms with E-state index in [4.69, 9.17) is 11.2 Å². The van der Waals surface area contributed by atoms with Crippen LogP contribution in [0.15, 0.2) is 0 Å². The molecule has 1 heterocycles. The Bertz CT molecular complexity index is 172. The van der Waals surface area contributed by atoms with Crippen LogP contribution in [0.3, 0.4) is 0 Å². The molecule has 4 heteroatoms. The molecule has 0 aromatic heterocycles. The van der Waals surface area contributed by atoms with Gasteiger partial charge in [0.2, 0.25) is 0 Å². The quantitative estimate of drug-likeness (QED) is 0.669. The highest BCUT2D eigenvalue weighted by molar-refractivity contribution is 8.27. The van der Waals surface area contributed by atoms with Gasteiger partial charge >= 0.3 is 0 Å². The second kappa shape index (κ2) is 4.65. The predicted molar refractivity (Wildman–Crippen MR) is 58.9 cm³/mol. The molecule has 0 amide bonds. The van der Waals surface area contributed by atoms with E-state index >= 15 is 0 Å². The summed E-state index contributed by atoms with van der Waals surface area (Å²) in [5.74, 6) is 0. The highest BCUT2D eigenvalue weighted by atomic mass is 32.8. The highest BCUT2D eigenvalue weighted by Crippen LogP contribution is 2.15. The molecule has 0 N–H and O–H groups in total. The molecule has 0 spiro atoms. The Morgan fingerprint density at radius 2 is 2.33 bits per heavy atom. The van der Waals surface area contributed by atoms with E-state index in [-0.39, 0.29) is 9.64 Å². The second-order valence-electron chi connectivity index (χ2n) is 3.51. The standard InChI is InChI=1S/C8H18N2S2/c1-9-6-4-5-8(9)7-10(2)12(3)11/h8H,4-7H2,1-3H3. The Balaban J connectivity index is 2.35. The van der Waals surface area contributed by atoms with Gasteiger partial charge in [-0.1, -0.05) is 9.64 Å². The molecule has 1 fully saturated rings. The van der Waals surface area contributed by atoms with Gasteiger partial charge in [0.25, 0.3) is 0 Å². The highest BCUT2D eigenvalue weighted by Gasteiger charge is 2.21. The Morgan fingerprint density at radius 3 is 2.75 bits per heavy atom. The minimum atomic E-state index is 0.0187. The predicted octanol–water partition coefficient (Wildman–Crippen LogP) is 0.637. The monoisotopic (exact) mass is 206 g/mol. The normalized spacial score (nSPS) is 28.2. The molecule has 1 rings (SSSR count). The van der Waals surface area contributed by atoms with Gasteiger partial charge in [-0.05, 0) is 44.7 Å². The van der Waals surface area contributed by atoms with E-state index in [2.05, 4.69) is 29.6 Å². The van der Waals surface area contributed by atoms with Crippen LogP contribution in [0.25, 0.3) is 0 Å². The SMILES string of the molecule is CN1CCCC1CN(C)S(C)=S. The average Bonchev–Trinajstić information content (AvgIpc) is 2.36. The Hall–Kier alpha value is 0.490. The maximum atomic E-state index is 5.21. The molecule has 0 bridgehead atoms. The molecule has 0 aromatic carbocycles. The molecule has 2 nitrogen and oxygen atoms in total. The lowest BCUT2D eigenvalue weighted by Gasteiger charge is -2.25. The van der Waals surface area contributed by atoms with Crippen LogP contribution >= 0.6 is 0 Å². The van der Waals surface area contributed by atoms with Gasteiger partial charge in [0.05, 0.1) is 0 Å². The second-order valence-corrected chi connectivity index (χ2v) is 6.43. The third-order valence-electron chi connectivity index (χ3n) is 2.58. The summed E-state index contributed by atoms with van der Waals surface area (Å²) in [4.78, 5) is 2.44.